The molecule has 21 heteroatoms. The molecule has 0 fully saturated rings. The molecule has 0 saturated heterocycles. The molecule has 0 atom stereocenters. The van der Waals surface area contributed by atoms with Crippen molar-refractivity contribution < 1.29 is 69.2 Å². The van der Waals surface area contributed by atoms with Gasteiger partial charge in [0.15, 0.2) is 0 Å². The zero-order valence-corrected chi connectivity index (χ0v) is 23.3. The highest BCUT2D eigenvalue weighted by atomic mass is 19.4. The third kappa shape index (κ3) is 16.0. The number of hydrogen-bond acceptors (Lipinski definition) is 8. The summed E-state index contributed by atoms with van der Waals surface area (Å²) < 4.78 is 97.5. The first-order valence-electron chi connectivity index (χ1n) is 12.1. The van der Waals surface area contributed by atoms with Crippen LogP contribution < -0.4 is 0 Å². The summed E-state index contributed by atoms with van der Waals surface area (Å²) in [5.41, 5.74) is 1.13. The van der Waals surface area contributed by atoms with Crippen molar-refractivity contribution >= 4 is 17.9 Å². The molecule has 44 heavy (non-hydrogen) atoms. The van der Waals surface area contributed by atoms with Crippen LogP contribution in [-0.4, -0.2) is 107 Å². The molecule has 3 N–H and O–H groups in total. The van der Waals surface area contributed by atoms with Crippen LogP contribution in [0.15, 0.2) is 24.4 Å². The van der Waals surface area contributed by atoms with E-state index in [-0.39, 0.29) is 0 Å². The first kappa shape index (κ1) is 40.0. The molecule has 0 bridgehead atoms. The number of aliphatic carboxylic acids is 3. The topological polar surface area (TPSA) is 162 Å². The molecule has 0 saturated carbocycles. The second kappa shape index (κ2) is 17.3. The zero-order valence-electron chi connectivity index (χ0n) is 23.3. The average molecular weight is 657 g/mol. The molecule has 3 heterocycles. The molecule has 2 aromatic heterocycles. The Labute approximate surface area is 243 Å². The summed E-state index contributed by atoms with van der Waals surface area (Å²) >= 11 is 0. The van der Waals surface area contributed by atoms with Gasteiger partial charge < -0.3 is 19.9 Å². The Balaban J connectivity index is 0.000000721. The highest BCUT2D eigenvalue weighted by Crippen LogP contribution is 2.15. The van der Waals surface area contributed by atoms with Gasteiger partial charge in [0.25, 0.3) is 0 Å². The minimum absolute atomic E-state index is 0.509. The van der Waals surface area contributed by atoms with E-state index < -0.39 is 36.4 Å². The van der Waals surface area contributed by atoms with Crippen molar-refractivity contribution in [1.29, 1.82) is 0 Å². The predicted molar refractivity (Wildman–Crippen MR) is 131 cm³/mol. The van der Waals surface area contributed by atoms with Gasteiger partial charge in [-0.05, 0) is 33.0 Å². The quantitative estimate of drug-likeness (QED) is 0.404. The lowest BCUT2D eigenvalue weighted by atomic mass is 10.3. The molecule has 1 aliphatic rings. The number of aromatic nitrogens is 4. The van der Waals surface area contributed by atoms with Crippen LogP contribution in [0.3, 0.4) is 0 Å². The summed E-state index contributed by atoms with van der Waals surface area (Å²) in [5, 5.41) is 30.2. The number of carboxylic acids is 3. The maximum absolute atomic E-state index is 10.6. The molecule has 0 amide bonds. The second-order valence-corrected chi connectivity index (χ2v) is 8.95. The van der Waals surface area contributed by atoms with Gasteiger partial charge in [-0.1, -0.05) is 6.07 Å². The minimum atomic E-state index is -5.08. The number of carboxylic acid groups (broad SMARTS) is 3. The van der Waals surface area contributed by atoms with E-state index in [2.05, 4.69) is 62.6 Å². The van der Waals surface area contributed by atoms with Crippen LogP contribution in [0.4, 0.5) is 39.5 Å². The zero-order chi connectivity index (χ0) is 34.5. The summed E-state index contributed by atoms with van der Waals surface area (Å²) in [6.45, 7) is 9.14. The van der Waals surface area contributed by atoms with E-state index in [1.165, 1.54) is 0 Å². The predicted octanol–water partition coefficient (Wildman–Crippen LogP) is 3.47. The number of pyridine rings is 1. The van der Waals surface area contributed by atoms with E-state index in [0.29, 0.717) is 6.04 Å². The maximum Gasteiger partial charge on any atom is 0.490 e. The number of alkyl halides is 9. The summed E-state index contributed by atoms with van der Waals surface area (Å²) in [7, 11) is 2.14. The highest BCUT2D eigenvalue weighted by molar-refractivity contribution is 5.73. The first-order chi connectivity index (χ1) is 20.0. The number of rotatable bonds is 5. The van der Waals surface area contributed by atoms with Crippen LogP contribution in [0.1, 0.15) is 31.2 Å². The lowest BCUT2D eigenvalue weighted by Gasteiger charge is -2.21. The molecule has 0 spiro atoms. The SMILES string of the molecule is CC(C)N(C)Cc1nnc2n1CCN(Cc1ccccn1)CC2.O=C(O)C(F)(F)F.O=C(O)C(F)(F)F.O=C(O)C(F)(F)F. The lowest BCUT2D eigenvalue weighted by molar-refractivity contribution is -0.193. The standard InChI is InChI=1S/C17H26N6.3C2HF3O2/c1-14(2)21(3)13-17-20-19-16-7-9-22(10-11-23(16)17)12-15-6-4-5-8-18-15;3*3-2(4,5)1(6)7/h4-6,8,14H,7,9-13H2,1-3H3;3*(H,6,7). The number of hydrogen-bond donors (Lipinski definition) is 3. The number of carbonyl (C=O) groups is 3. The third-order valence-corrected chi connectivity index (χ3v) is 5.31. The Bertz CT molecular complexity index is 1130. The van der Waals surface area contributed by atoms with Gasteiger partial charge in [-0.15, -0.1) is 10.2 Å². The normalized spacial score (nSPS) is 13.7. The van der Waals surface area contributed by atoms with Crippen molar-refractivity contribution in [2.24, 2.45) is 0 Å². The van der Waals surface area contributed by atoms with E-state index in [9.17, 15) is 39.5 Å². The number of nitrogens with zero attached hydrogens (tertiary/aromatic N) is 6. The smallest absolute Gasteiger partial charge is 0.475 e. The molecule has 3 rings (SSSR count). The van der Waals surface area contributed by atoms with Crippen LogP contribution in [-0.2, 0) is 40.4 Å². The minimum Gasteiger partial charge on any atom is -0.475 e. The molecule has 1 aliphatic heterocycles. The van der Waals surface area contributed by atoms with Crippen molar-refractivity contribution in [3.63, 3.8) is 0 Å². The molecule has 0 aliphatic carbocycles. The van der Waals surface area contributed by atoms with E-state index in [0.717, 1.165) is 56.5 Å². The fourth-order valence-electron chi connectivity index (χ4n) is 2.83. The van der Waals surface area contributed by atoms with Gasteiger partial charge in [-0.2, -0.15) is 39.5 Å². The highest BCUT2D eigenvalue weighted by Gasteiger charge is 2.39. The fraction of sp³-hybridized carbons (Fsp3) is 0.565. The van der Waals surface area contributed by atoms with Crippen molar-refractivity contribution in [1.82, 2.24) is 29.5 Å². The second-order valence-electron chi connectivity index (χ2n) is 8.95. The van der Waals surface area contributed by atoms with E-state index in [1.807, 2.05) is 12.3 Å². The molecule has 12 nitrogen and oxygen atoms in total. The Morgan fingerprint density at radius 3 is 1.70 bits per heavy atom. The van der Waals surface area contributed by atoms with Gasteiger partial charge >= 0.3 is 36.4 Å². The van der Waals surface area contributed by atoms with Crippen LogP contribution in [0.25, 0.3) is 0 Å². The Morgan fingerprint density at radius 1 is 0.841 bits per heavy atom. The molecule has 0 radical (unpaired) electrons. The van der Waals surface area contributed by atoms with Gasteiger partial charge in [-0.3, -0.25) is 14.8 Å². The molecule has 0 aromatic carbocycles. The number of halogens is 9. The van der Waals surface area contributed by atoms with E-state index >= 15 is 0 Å². The van der Waals surface area contributed by atoms with Crippen LogP contribution in [0, 0.1) is 0 Å². The van der Waals surface area contributed by atoms with Gasteiger partial charge in [0.05, 0.1) is 12.2 Å². The van der Waals surface area contributed by atoms with E-state index in [1.54, 1.807) is 0 Å². The summed E-state index contributed by atoms with van der Waals surface area (Å²) in [4.78, 5) is 35.9. The summed E-state index contributed by atoms with van der Waals surface area (Å²) in [6.07, 6.45) is -12.4. The Morgan fingerprint density at radius 2 is 1.32 bits per heavy atom. The molecule has 250 valence electrons. The van der Waals surface area contributed by atoms with Crippen LogP contribution >= 0.6 is 0 Å². The molecular weight excluding hydrogens is 627 g/mol. The lowest BCUT2D eigenvalue weighted by Crippen LogP contribution is -2.29. The van der Waals surface area contributed by atoms with E-state index in [4.69, 9.17) is 29.7 Å². The largest absolute Gasteiger partial charge is 0.490 e. The summed E-state index contributed by atoms with van der Waals surface area (Å²) in [6, 6.07) is 6.61. The molecule has 2 aromatic rings. The molecule has 0 unspecified atom stereocenters. The van der Waals surface area contributed by atoms with Crippen LogP contribution in [0.2, 0.25) is 0 Å². The van der Waals surface area contributed by atoms with Crippen molar-refractivity contribution in [3.8, 4) is 0 Å². The fourth-order valence-corrected chi connectivity index (χ4v) is 2.83. The summed E-state index contributed by atoms with van der Waals surface area (Å²) in [5.74, 6) is -6.08. The number of fused-ring (bicyclic) bond motifs is 1. The van der Waals surface area contributed by atoms with Crippen molar-refractivity contribution in [2.75, 3.05) is 20.1 Å². The van der Waals surface area contributed by atoms with Crippen LogP contribution in [0.5, 0.6) is 0 Å². The van der Waals surface area contributed by atoms with Gasteiger partial charge in [0.2, 0.25) is 0 Å². The van der Waals surface area contributed by atoms with Gasteiger partial charge in [0, 0.05) is 44.8 Å². The third-order valence-electron chi connectivity index (χ3n) is 5.31. The van der Waals surface area contributed by atoms with Crippen molar-refractivity contribution in [2.45, 2.75) is 64.5 Å². The Kier molecular flexibility index (Phi) is 15.7. The molecular formula is C23H29F9N6O6. The maximum atomic E-state index is 10.6. The van der Waals surface area contributed by atoms with Gasteiger partial charge in [0.1, 0.15) is 11.6 Å². The van der Waals surface area contributed by atoms with Gasteiger partial charge in [-0.25, -0.2) is 14.4 Å². The Hall–Kier alpha value is -4.01. The monoisotopic (exact) mass is 656 g/mol. The van der Waals surface area contributed by atoms with Crippen molar-refractivity contribution in [3.05, 3.63) is 41.7 Å². The first-order valence-corrected chi connectivity index (χ1v) is 12.1. The average Bonchev–Trinajstić information content (AvgIpc) is 3.14.